The first-order chi connectivity index (χ1) is 11.0. The number of carbonyl (C=O) groups is 1. The molecule has 2 N–H and O–H groups in total. The van der Waals surface area contributed by atoms with Gasteiger partial charge in [-0.05, 0) is 30.3 Å². The highest BCUT2D eigenvalue weighted by molar-refractivity contribution is 6.35. The molecule has 6 heteroatoms. The van der Waals surface area contributed by atoms with Gasteiger partial charge in [-0.25, -0.2) is 0 Å². The van der Waals surface area contributed by atoms with E-state index in [-0.39, 0.29) is 5.91 Å². The first-order valence-electron chi connectivity index (χ1n) is 7.16. The van der Waals surface area contributed by atoms with E-state index >= 15 is 0 Å². The predicted octanol–water partition coefficient (Wildman–Crippen LogP) is 2.66. The molecular weight excluding hydrogens is 335 g/mol. The smallest absolute Gasteiger partial charge is 0.279 e. The molecule has 23 heavy (non-hydrogen) atoms. The van der Waals surface area contributed by atoms with Crippen LogP contribution < -0.4 is 15.0 Å². The lowest BCUT2D eigenvalue weighted by Gasteiger charge is -2.14. The molecule has 0 bridgehead atoms. The molecule has 2 rings (SSSR count). The van der Waals surface area contributed by atoms with Gasteiger partial charge in [-0.15, -0.1) is 0 Å². The van der Waals surface area contributed by atoms with Crippen LogP contribution in [0, 0.1) is 0 Å². The second-order valence-electron chi connectivity index (χ2n) is 5.37. The van der Waals surface area contributed by atoms with Crippen LogP contribution in [0.2, 0.25) is 10.0 Å². The number of anilines is 1. The van der Waals surface area contributed by atoms with E-state index in [2.05, 4.69) is 5.32 Å². The summed E-state index contributed by atoms with van der Waals surface area (Å²) in [7, 11) is 3.60. The number of hydrogen-bond donors (Lipinski definition) is 2. The zero-order valence-electron chi connectivity index (χ0n) is 13.0. The van der Waals surface area contributed by atoms with E-state index in [1.165, 1.54) is 0 Å². The van der Waals surface area contributed by atoms with E-state index in [9.17, 15) is 4.79 Å². The number of rotatable bonds is 6. The zero-order chi connectivity index (χ0) is 16.8. The summed E-state index contributed by atoms with van der Waals surface area (Å²) in [5.41, 5.74) is 1.71. The molecule has 0 radical (unpaired) electrons. The van der Waals surface area contributed by atoms with E-state index in [0.717, 1.165) is 22.8 Å². The van der Waals surface area contributed by atoms with Gasteiger partial charge in [-0.1, -0.05) is 35.3 Å². The highest BCUT2D eigenvalue weighted by Gasteiger charge is 2.12. The molecule has 2 aromatic carbocycles. The van der Waals surface area contributed by atoms with Crippen molar-refractivity contribution in [2.75, 3.05) is 26.0 Å². The van der Waals surface area contributed by atoms with Crippen LogP contribution in [0.4, 0.5) is 5.69 Å². The molecule has 2 aromatic rings. The first kappa shape index (κ1) is 17.6. The molecule has 0 spiro atoms. The summed E-state index contributed by atoms with van der Waals surface area (Å²) >= 11 is 11.8. The number of hydrogen-bond acceptors (Lipinski definition) is 2. The van der Waals surface area contributed by atoms with Gasteiger partial charge in [-0.2, -0.15) is 0 Å². The van der Waals surface area contributed by atoms with Crippen LogP contribution in [0.5, 0.6) is 5.75 Å². The Bertz CT molecular complexity index is 672. The molecule has 0 saturated carbocycles. The van der Waals surface area contributed by atoms with Crippen molar-refractivity contribution in [1.29, 1.82) is 0 Å². The Kier molecular flexibility index (Phi) is 6.28. The Morgan fingerprint density at radius 1 is 1.17 bits per heavy atom. The predicted molar refractivity (Wildman–Crippen MR) is 93.5 cm³/mol. The molecule has 0 fully saturated rings. The van der Waals surface area contributed by atoms with Gasteiger partial charge >= 0.3 is 0 Å². The SMILES string of the molecule is COc1cccc(C[NH+](C)CC(=O)Nc2cc(Cl)cc(Cl)c2)c1. The molecular formula is C17H19Cl2N2O2+. The van der Waals surface area contributed by atoms with Gasteiger partial charge in [-0.3, -0.25) is 4.79 Å². The Labute approximate surface area is 146 Å². The number of ether oxygens (including phenoxy) is 1. The quantitative estimate of drug-likeness (QED) is 0.838. The molecule has 0 aromatic heterocycles. The van der Waals surface area contributed by atoms with Crippen LogP contribution in [0.1, 0.15) is 5.56 Å². The molecule has 0 aliphatic rings. The summed E-state index contributed by atoms with van der Waals surface area (Å²) in [6.07, 6.45) is 0. The molecule has 122 valence electrons. The fourth-order valence-electron chi connectivity index (χ4n) is 2.30. The zero-order valence-corrected chi connectivity index (χ0v) is 14.5. The Balaban J connectivity index is 1.91. The van der Waals surface area contributed by atoms with E-state index in [4.69, 9.17) is 27.9 Å². The van der Waals surface area contributed by atoms with Gasteiger partial charge in [0.05, 0.1) is 14.2 Å². The van der Waals surface area contributed by atoms with Crippen molar-refractivity contribution in [3.8, 4) is 5.75 Å². The Morgan fingerprint density at radius 2 is 1.87 bits per heavy atom. The lowest BCUT2D eigenvalue weighted by atomic mass is 10.2. The van der Waals surface area contributed by atoms with Crippen molar-refractivity contribution < 1.29 is 14.4 Å². The number of nitrogens with one attached hydrogen (secondary N) is 2. The lowest BCUT2D eigenvalue weighted by Crippen LogP contribution is -3.08. The Hall–Kier alpha value is -1.75. The maximum absolute atomic E-state index is 12.1. The summed E-state index contributed by atoms with van der Waals surface area (Å²) in [4.78, 5) is 13.2. The van der Waals surface area contributed by atoms with E-state index < -0.39 is 0 Å². The standard InChI is InChI=1S/C17H18Cl2N2O2/c1-21(10-12-4-3-5-16(6-12)23-2)11-17(22)20-15-8-13(18)7-14(19)9-15/h3-9H,10-11H2,1-2H3,(H,20,22)/p+1. The number of methoxy groups -OCH3 is 1. The van der Waals surface area contributed by atoms with Crippen molar-refractivity contribution in [3.05, 3.63) is 58.1 Å². The molecule has 0 aliphatic carbocycles. The second-order valence-corrected chi connectivity index (χ2v) is 6.24. The number of benzene rings is 2. The topological polar surface area (TPSA) is 42.8 Å². The first-order valence-corrected chi connectivity index (χ1v) is 7.92. The number of halogens is 2. The van der Waals surface area contributed by atoms with Gasteiger partial charge < -0.3 is 15.0 Å². The second kappa shape index (κ2) is 8.20. The third-order valence-electron chi connectivity index (χ3n) is 3.25. The van der Waals surface area contributed by atoms with Gasteiger partial charge in [0.25, 0.3) is 5.91 Å². The number of quaternary nitrogens is 1. The summed E-state index contributed by atoms with van der Waals surface area (Å²) in [5, 5.41) is 3.79. The van der Waals surface area contributed by atoms with Gasteiger partial charge in [0.1, 0.15) is 12.3 Å². The molecule has 1 amide bonds. The monoisotopic (exact) mass is 353 g/mol. The Morgan fingerprint density at radius 3 is 2.52 bits per heavy atom. The van der Waals surface area contributed by atoms with Gasteiger partial charge in [0, 0.05) is 21.3 Å². The van der Waals surface area contributed by atoms with Crippen molar-refractivity contribution in [1.82, 2.24) is 0 Å². The number of carbonyl (C=O) groups excluding carboxylic acids is 1. The normalized spacial score (nSPS) is 11.8. The minimum Gasteiger partial charge on any atom is -0.497 e. The summed E-state index contributed by atoms with van der Waals surface area (Å²) in [6, 6.07) is 12.8. The van der Waals surface area contributed by atoms with Crippen LogP contribution in [-0.4, -0.2) is 26.6 Å². The molecule has 0 heterocycles. The summed E-state index contributed by atoms with van der Waals surface area (Å²) < 4.78 is 5.21. The highest BCUT2D eigenvalue weighted by Crippen LogP contribution is 2.22. The average molecular weight is 354 g/mol. The maximum atomic E-state index is 12.1. The van der Waals surface area contributed by atoms with Crippen molar-refractivity contribution in [2.45, 2.75) is 6.54 Å². The minimum atomic E-state index is -0.0938. The third kappa shape index (κ3) is 5.75. The highest BCUT2D eigenvalue weighted by atomic mass is 35.5. The van der Waals surface area contributed by atoms with Crippen LogP contribution in [0.25, 0.3) is 0 Å². The fourth-order valence-corrected chi connectivity index (χ4v) is 2.82. The summed E-state index contributed by atoms with van der Waals surface area (Å²) in [6.45, 7) is 1.06. The van der Waals surface area contributed by atoms with E-state index in [1.54, 1.807) is 25.3 Å². The van der Waals surface area contributed by atoms with Crippen molar-refractivity contribution >= 4 is 34.8 Å². The van der Waals surface area contributed by atoms with Crippen LogP contribution in [0.15, 0.2) is 42.5 Å². The molecule has 1 atom stereocenters. The fraction of sp³-hybridized carbons (Fsp3) is 0.235. The van der Waals surface area contributed by atoms with Gasteiger partial charge in [0.15, 0.2) is 6.54 Å². The van der Waals surface area contributed by atoms with Crippen molar-refractivity contribution in [3.63, 3.8) is 0 Å². The van der Waals surface area contributed by atoms with Crippen molar-refractivity contribution in [2.24, 2.45) is 0 Å². The maximum Gasteiger partial charge on any atom is 0.279 e. The van der Waals surface area contributed by atoms with E-state index in [0.29, 0.717) is 22.3 Å². The summed E-state index contributed by atoms with van der Waals surface area (Å²) in [5.74, 6) is 0.719. The minimum absolute atomic E-state index is 0.0938. The lowest BCUT2D eigenvalue weighted by molar-refractivity contribution is -0.885. The van der Waals surface area contributed by atoms with Crippen LogP contribution in [-0.2, 0) is 11.3 Å². The number of likely N-dealkylation sites (N-methyl/N-ethyl adjacent to an activating group) is 1. The largest absolute Gasteiger partial charge is 0.497 e. The average Bonchev–Trinajstić information content (AvgIpc) is 2.45. The van der Waals surface area contributed by atoms with E-state index in [1.807, 2.05) is 31.3 Å². The molecule has 4 nitrogen and oxygen atoms in total. The molecule has 1 unspecified atom stereocenters. The molecule has 0 aliphatic heterocycles. The third-order valence-corrected chi connectivity index (χ3v) is 3.69. The van der Waals surface area contributed by atoms with Gasteiger partial charge in [0.2, 0.25) is 0 Å². The molecule has 0 saturated heterocycles. The van der Waals surface area contributed by atoms with Crippen LogP contribution >= 0.6 is 23.2 Å². The van der Waals surface area contributed by atoms with Crippen LogP contribution in [0.3, 0.4) is 0 Å². The number of amides is 1.